The first-order valence-electron chi connectivity index (χ1n) is 19.4. The van der Waals surface area contributed by atoms with Crippen LogP contribution in [0, 0.1) is 0 Å². The van der Waals surface area contributed by atoms with E-state index in [0.29, 0.717) is 23.4 Å². The first-order chi connectivity index (χ1) is 27.3. The van der Waals surface area contributed by atoms with Crippen LogP contribution >= 0.6 is 0 Å². The fraction of sp³-hybridized carbons (Fsp3) is 0.118. The Morgan fingerprint density at radius 3 is 1.89 bits per heavy atom. The number of benzene rings is 7. The maximum Gasteiger partial charge on any atom is 0.164 e. The Labute approximate surface area is 324 Å². The van der Waals surface area contributed by atoms with Gasteiger partial charge in [-0.2, -0.15) is 0 Å². The highest BCUT2D eigenvalue weighted by Crippen LogP contribution is 2.52. The van der Waals surface area contributed by atoms with Crippen LogP contribution in [-0.4, -0.2) is 19.5 Å². The summed E-state index contributed by atoms with van der Waals surface area (Å²) in [6, 6.07) is 53.7. The van der Waals surface area contributed by atoms with Gasteiger partial charge in [0.2, 0.25) is 0 Å². The summed E-state index contributed by atoms with van der Waals surface area (Å²) < 4.78 is 9.21. The van der Waals surface area contributed by atoms with Crippen LogP contribution in [0.3, 0.4) is 0 Å². The summed E-state index contributed by atoms with van der Waals surface area (Å²) in [4.78, 5) is 15.2. The number of hydrogen-bond donors (Lipinski definition) is 0. The Balaban J connectivity index is 1.22. The van der Waals surface area contributed by atoms with Gasteiger partial charge in [0.25, 0.3) is 0 Å². The molecule has 56 heavy (non-hydrogen) atoms. The largest absolute Gasteiger partial charge is 0.456 e. The normalized spacial score (nSPS) is 13.3. The summed E-state index contributed by atoms with van der Waals surface area (Å²) in [6.07, 6.45) is 0. The molecule has 0 amide bonds. The lowest BCUT2D eigenvalue weighted by molar-refractivity contribution is 0.657. The number of furan rings is 1. The van der Waals surface area contributed by atoms with Crippen molar-refractivity contribution in [2.75, 3.05) is 0 Å². The van der Waals surface area contributed by atoms with Crippen LogP contribution in [0.1, 0.15) is 50.3 Å². The molecule has 1 aliphatic rings. The molecule has 11 rings (SSSR count). The van der Waals surface area contributed by atoms with E-state index < -0.39 is 0 Å². The molecular weight excluding hydrogens is 685 g/mol. The van der Waals surface area contributed by atoms with E-state index in [-0.39, 0.29) is 5.41 Å². The van der Waals surface area contributed by atoms with Crippen LogP contribution in [0.4, 0.5) is 0 Å². The molecule has 3 aromatic heterocycles. The molecule has 3 heterocycles. The van der Waals surface area contributed by atoms with E-state index in [1.165, 1.54) is 38.6 Å². The van der Waals surface area contributed by atoms with Crippen LogP contribution in [0.5, 0.6) is 0 Å². The lowest BCUT2D eigenvalue weighted by Gasteiger charge is -2.21. The quantitative estimate of drug-likeness (QED) is 0.177. The lowest BCUT2D eigenvalue weighted by Crippen LogP contribution is -2.14. The highest BCUT2D eigenvalue weighted by molar-refractivity contribution is 6.25. The number of aromatic nitrogens is 4. The van der Waals surface area contributed by atoms with Crippen molar-refractivity contribution in [2.24, 2.45) is 0 Å². The third-order valence-electron chi connectivity index (χ3n) is 11.8. The van der Waals surface area contributed by atoms with Crippen molar-refractivity contribution in [3.63, 3.8) is 0 Å². The molecule has 268 valence electrons. The van der Waals surface area contributed by atoms with Gasteiger partial charge in [0.15, 0.2) is 17.5 Å². The number of fused-ring (bicyclic) bond motifs is 10. The highest BCUT2D eigenvalue weighted by atomic mass is 16.3. The smallest absolute Gasteiger partial charge is 0.164 e. The van der Waals surface area contributed by atoms with Crippen molar-refractivity contribution < 1.29 is 4.42 Å². The van der Waals surface area contributed by atoms with Crippen molar-refractivity contribution in [2.45, 2.75) is 39.0 Å². The van der Waals surface area contributed by atoms with Gasteiger partial charge >= 0.3 is 0 Å². The maximum absolute atomic E-state index is 6.76. The molecule has 0 unspecified atom stereocenters. The van der Waals surface area contributed by atoms with Crippen LogP contribution in [-0.2, 0) is 5.41 Å². The van der Waals surface area contributed by atoms with Gasteiger partial charge in [0, 0.05) is 44.0 Å². The molecule has 0 aliphatic heterocycles. The molecule has 0 saturated carbocycles. The molecule has 0 atom stereocenters. The molecule has 7 aromatic carbocycles. The first kappa shape index (κ1) is 32.6. The van der Waals surface area contributed by atoms with Crippen molar-refractivity contribution in [1.29, 1.82) is 0 Å². The zero-order chi connectivity index (χ0) is 37.7. The van der Waals surface area contributed by atoms with Crippen LogP contribution < -0.4 is 0 Å². The zero-order valence-corrected chi connectivity index (χ0v) is 31.7. The van der Waals surface area contributed by atoms with Crippen molar-refractivity contribution in [3.8, 4) is 51.0 Å². The second kappa shape index (κ2) is 12.1. The van der Waals surface area contributed by atoms with Crippen molar-refractivity contribution >= 4 is 43.7 Å². The molecule has 0 spiro atoms. The minimum Gasteiger partial charge on any atom is -0.456 e. The Morgan fingerprint density at radius 1 is 0.536 bits per heavy atom. The average molecular weight is 723 g/mol. The van der Waals surface area contributed by atoms with E-state index in [0.717, 1.165) is 55.3 Å². The van der Waals surface area contributed by atoms with Crippen molar-refractivity contribution in [3.05, 3.63) is 168 Å². The Kier molecular flexibility index (Phi) is 7.02. The average Bonchev–Trinajstić information content (AvgIpc) is 3.86. The summed E-state index contributed by atoms with van der Waals surface area (Å²) in [5.74, 6) is 2.23. The number of hydrogen-bond acceptors (Lipinski definition) is 4. The van der Waals surface area contributed by atoms with E-state index in [1.807, 2.05) is 60.7 Å². The van der Waals surface area contributed by atoms with Crippen LogP contribution in [0.25, 0.3) is 94.7 Å². The third kappa shape index (κ3) is 4.77. The van der Waals surface area contributed by atoms with Gasteiger partial charge in [-0.3, -0.25) is 0 Å². The third-order valence-corrected chi connectivity index (χ3v) is 11.8. The summed E-state index contributed by atoms with van der Waals surface area (Å²) >= 11 is 0. The minimum absolute atomic E-state index is 0.153. The highest BCUT2D eigenvalue weighted by Gasteiger charge is 2.36. The van der Waals surface area contributed by atoms with Crippen molar-refractivity contribution in [1.82, 2.24) is 19.5 Å². The molecule has 0 fully saturated rings. The summed E-state index contributed by atoms with van der Waals surface area (Å²) in [7, 11) is 0. The number of rotatable bonds is 5. The van der Waals surface area contributed by atoms with Crippen LogP contribution in [0.2, 0.25) is 0 Å². The maximum atomic E-state index is 6.76. The number of para-hydroxylation sites is 1. The molecule has 10 aromatic rings. The first-order valence-corrected chi connectivity index (χ1v) is 19.4. The Bertz CT molecular complexity index is 3130. The summed E-state index contributed by atoms with van der Waals surface area (Å²) in [5.41, 5.74) is 14.3. The summed E-state index contributed by atoms with van der Waals surface area (Å²) in [6.45, 7) is 9.16. The standard InChI is InChI=1S/C51H38N4O/c1-30(2)35-22-14-23-38-45-44(56-47(35)38)26-25-37-40-28-39-36-21-11-12-24-41(36)51(3,4)42(39)29-43(40)55(46(37)45)34-20-13-19-33(27-34)50-53-48(31-15-7-5-8-16-31)52-49(54-50)32-17-9-6-10-18-32/h5-30H,1-4H3. The lowest BCUT2D eigenvalue weighted by atomic mass is 9.82. The van der Waals surface area contributed by atoms with Gasteiger partial charge in [-0.15, -0.1) is 0 Å². The van der Waals surface area contributed by atoms with Gasteiger partial charge < -0.3 is 8.98 Å². The topological polar surface area (TPSA) is 56.7 Å². The van der Waals surface area contributed by atoms with E-state index in [1.54, 1.807) is 0 Å². The number of nitrogens with zero attached hydrogens (tertiary/aromatic N) is 4. The fourth-order valence-corrected chi connectivity index (χ4v) is 9.05. The van der Waals surface area contributed by atoms with Gasteiger partial charge in [-0.25, -0.2) is 15.0 Å². The Hall–Kier alpha value is -6.85. The molecule has 0 saturated heterocycles. The predicted molar refractivity (Wildman–Crippen MR) is 229 cm³/mol. The predicted octanol–water partition coefficient (Wildman–Crippen LogP) is 13.3. The van der Waals surface area contributed by atoms with Crippen LogP contribution in [0.15, 0.2) is 156 Å². The molecular formula is C51H38N4O. The van der Waals surface area contributed by atoms with Gasteiger partial charge in [-0.05, 0) is 70.1 Å². The monoisotopic (exact) mass is 722 g/mol. The van der Waals surface area contributed by atoms with E-state index in [2.05, 4.69) is 123 Å². The van der Waals surface area contributed by atoms with E-state index in [4.69, 9.17) is 19.4 Å². The van der Waals surface area contributed by atoms with E-state index in [9.17, 15) is 0 Å². The molecule has 0 N–H and O–H groups in total. The minimum atomic E-state index is -0.153. The second-order valence-corrected chi connectivity index (χ2v) is 15.8. The SMILES string of the molecule is CC(C)c1cccc2c1oc1ccc3c4cc5c(cc4n(-c4cccc(-c6nc(-c7ccccc7)nc(-c7ccccc7)n6)c4)c3c12)C(C)(C)c1ccccc1-5. The second-order valence-electron chi connectivity index (χ2n) is 15.8. The molecule has 1 aliphatic carbocycles. The molecule has 5 heteroatoms. The fourth-order valence-electron chi connectivity index (χ4n) is 9.05. The summed E-state index contributed by atoms with van der Waals surface area (Å²) in [5, 5.41) is 4.66. The molecule has 5 nitrogen and oxygen atoms in total. The molecule has 0 radical (unpaired) electrons. The van der Waals surface area contributed by atoms with Gasteiger partial charge in [0.1, 0.15) is 11.2 Å². The van der Waals surface area contributed by atoms with Gasteiger partial charge in [-0.1, -0.05) is 143 Å². The molecule has 0 bridgehead atoms. The van der Waals surface area contributed by atoms with E-state index >= 15 is 0 Å². The zero-order valence-electron chi connectivity index (χ0n) is 31.7. The van der Waals surface area contributed by atoms with Gasteiger partial charge in [0.05, 0.1) is 16.4 Å². The Morgan fingerprint density at radius 2 is 1.18 bits per heavy atom.